The van der Waals surface area contributed by atoms with Crippen molar-refractivity contribution in [2.24, 2.45) is 0 Å². The van der Waals surface area contributed by atoms with E-state index in [1.165, 1.54) is 24.8 Å². The number of nitrogens with zero attached hydrogens (tertiary/aromatic N) is 1. The highest BCUT2D eigenvalue weighted by Crippen LogP contribution is 2.38. The average molecular weight is 237 g/mol. The Kier molecular flexibility index (Phi) is 2.93. The lowest BCUT2D eigenvalue weighted by molar-refractivity contribution is 0.103. The number of ketones is 1. The fourth-order valence-corrected chi connectivity index (χ4v) is 2.41. The molecule has 1 saturated carbocycles. The van der Waals surface area contributed by atoms with Crippen LogP contribution in [0.15, 0.2) is 48.7 Å². The summed E-state index contributed by atoms with van der Waals surface area (Å²) in [5, 5.41) is 0. The van der Waals surface area contributed by atoms with Gasteiger partial charge in [-0.1, -0.05) is 36.8 Å². The first-order valence-electron chi connectivity index (χ1n) is 6.41. The van der Waals surface area contributed by atoms with Gasteiger partial charge in [0, 0.05) is 11.8 Å². The van der Waals surface area contributed by atoms with Crippen LogP contribution in [-0.4, -0.2) is 10.8 Å². The van der Waals surface area contributed by atoms with Gasteiger partial charge in [-0.25, -0.2) is 0 Å². The lowest BCUT2D eigenvalue weighted by Crippen LogP contribution is -2.14. The maximum Gasteiger partial charge on any atom is 0.211 e. The molecule has 0 saturated heterocycles. The monoisotopic (exact) mass is 237 g/mol. The molecule has 0 spiro atoms. The van der Waals surface area contributed by atoms with Crippen molar-refractivity contribution in [1.29, 1.82) is 0 Å². The normalized spacial score (nSPS) is 15.1. The van der Waals surface area contributed by atoms with Crippen LogP contribution in [0.1, 0.15) is 46.8 Å². The number of aromatic nitrogens is 1. The molecular formula is C16H15NO. The Morgan fingerprint density at radius 3 is 2.50 bits per heavy atom. The summed E-state index contributed by atoms with van der Waals surface area (Å²) < 4.78 is 0. The van der Waals surface area contributed by atoms with Gasteiger partial charge in [0.1, 0.15) is 5.69 Å². The summed E-state index contributed by atoms with van der Waals surface area (Å²) in [5.41, 5.74) is 2.55. The predicted molar refractivity (Wildman–Crippen MR) is 70.7 cm³/mol. The van der Waals surface area contributed by atoms with Crippen molar-refractivity contribution in [2.45, 2.75) is 25.2 Å². The molecule has 0 aliphatic heterocycles. The van der Waals surface area contributed by atoms with Crippen LogP contribution in [0.4, 0.5) is 0 Å². The Hall–Kier alpha value is -1.96. The van der Waals surface area contributed by atoms with Crippen LogP contribution in [0.2, 0.25) is 0 Å². The molecule has 90 valence electrons. The minimum Gasteiger partial charge on any atom is -0.287 e. The van der Waals surface area contributed by atoms with Gasteiger partial charge < -0.3 is 0 Å². The Bertz CT molecular complexity index is 558. The summed E-state index contributed by atoms with van der Waals surface area (Å²) in [4.78, 5) is 16.6. The summed E-state index contributed by atoms with van der Waals surface area (Å²) >= 11 is 0. The Morgan fingerprint density at radius 2 is 1.83 bits per heavy atom. The molecule has 0 N–H and O–H groups in total. The minimum atomic E-state index is 0.0399. The molecule has 1 fully saturated rings. The molecule has 0 atom stereocenters. The van der Waals surface area contributed by atoms with E-state index in [1.54, 1.807) is 12.3 Å². The molecule has 1 aromatic carbocycles. The van der Waals surface area contributed by atoms with Crippen LogP contribution >= 0.6 is 0 Å². The second kappa shape index (κ2) is 4.73. The number of carbonyl (C=O) groups is 1. The number of pyridine rings is 1. The molecule has 1 heterocycles. The van der Waals surface area contributed by atoms with E-state index < -0.39 is 0 Å². The molecule has 1 aliphatic carbocycles. The molecule has 0 radical (unpaired) electrons. The first-order valence-corrected chi connectivity index (χ1v) is 6.41. The average Bonchev–Trinajstić information content (AvgIpc) is 2.38. The first kappa shape index (κ1) is 11.1. The van der Waals surface area contributed by atoms with Crippen molar-refractivity contribution >= 4 is 5.78 Å². The van der Waals surface area contributed by atoms with Gasteiger partial charge in [-0.2, -0.15) is 0 Å². The summed E-state index contributed by atoms with van der Waals surface area (Å²) in [7, 11) is 0. The van der Waals surface area contributed by atoms with Crippen molar-refractivity contribution in [2.75, 3.05) is 0 Å². The van der Waals surface area contributed by atoms with Crippen molar-refractivity contribution in [3.05, 3.63) is 65.5 Å². The third-order valence-corrected chi connectivity index (χ3v) is 3.65. The van der Waals surface area contributed by atoms with Gasteiger partial charge in [0.15, 0.2) is 0 Å². The lowest BCUT2D eigenvalue weighted by Gasteiger charge is -2.27. The second-order valence-electron chi connectivity index (χ2n) is 4.76. The highest BCUT2D eigenvalue weighted by molar-refractivity contribution is 6.08. The Balaban J connectivity index is 1.99. The standard InChI is InChI=1S/C16H15NO/c18-16(15-10-3-4-11-17-15)14-9-2-1-8-13(14)12-6-5-7-12/h1-4,8-12H,5-7H2. The van der Waals surface area contributed by atoms with Gasteiger partial charge in [0.05, 0.1) is 0 Å². The molecule has 1 aromatic heterocycles. The van der Waals surface area contributed by atoms with Crippen LogP contribution in [0.3, 0.4) is 0 Å². The van der Waals surface area contributed by atoms with Gasteiger partial charge >= 0.3 is 0 Å². The molecule has 2 heteroatoms. The zero-order valence-corrected chi connectivity index (χ0v) is 10.2. The Morgan fingerprint density at radius 1 is 1.06 bits per heavy atom. The molecule has 2 aromatic rings. The second-order valence-corrected chi connectivity index (χ2v) is 4.76. The smallest absolute Gasteiger partial charge is 0.211 e. The summed E-state index contributed by atoms with van der Waals surface area (Å²) in [6.45, 7) is 0. The maximum absolute atomic E-state index is 12.4. The molecule has 0 amide bonds. The van der Waals surface area contributed by atoms with E-state index in [0.29, 0.717) is 11.6 Å². The minimum absolute atomic E-state index is 0.0399. The van der Waals surface area contributed by atoms with Crippen molar-refractivity contribution in [3.63, 3.8) is 0 Å². The number of hydrogen-bond acceptors (Lipinski definition) is 2. The van der Waals surface area contributed by atoms with Crippen molar-refractivity contribution < 1.29 is 4.79 Å². The van der Waals surface area contributed by atoms with Crippen LogP contribution < -0.4 is 0 Å². The summed E-state index contributed by atoms with van der Waals surface area (Å²) in [5.74, 6) is 0.604. The molecule has 0 unspecified atom stereocenters. The first-order chi connectivity index (χ1) is 8.86. The van der Waals surface area contributed by atoms with Crippen molar-refractivity contribution in [1.82, 2.24) is 4.98 Å². The van der Waals surface area contributed by atoms with Gasteiger partial charge in [0.2, 0.25) is 5.78 Å². The number of carbonyl (C=O) groups excluding carboxylic acids is 1. The Labute approximate surface area is 107 Å². The van der Waals surface area contributed by atoms with Crippen LogP contribution in [0.25, 0.3) is 0 Å². The zero-order valence-electron chi connectivity index (χ0n) is 10.2. The topological polar surface area (TPSA) is 30.0 Å². The third-order valence-electron chi connectivity index (χ3n) is 3.65. The lowest BCUT2D eigenvalue weighted by atomic mass is 9.77. The molecule has 0 bridgehead atoms. The van der Waals surface area contributed by atoms with E-state index in [-0.39, 0.29) is 5.78 Å². The molecule has 2 nitrogen and oxygen atoms in total. The highest BCUT2D eigenvalue weighted by Gasteiger charge is 2.24. The van der Waals surface area contributed by atoms with Crippen molar-refractivity contribution in [3.8, 4) is 0 Å². The van der Waals surface area contributed by atoms with Gasteiger partial charge in [-0.05, 0) is 36.5 Å². The van der Waals surface area contributed by atoms with E-state index in [0.717, 1.165) is 5.56 Å². The van der Waals surface area contributed by atoms with E-state index in [9.17, 15) is 4.79 Å². The van der Waals surface area contributed by atoms with E-state index in [4.69, 9.17) is 0 Å². The van der Waals surface area contributed by atoms with E-state index in [2.05, 4.69) is 11.1 Å². The number of benzene rings is 1. The molecular weight excluding hydrogens is 222 g/mol. The molecule has 1 aliphatic rings. The van der Waals surface area contributed by atoms with Crippen LogP contribution in [0, 0.1) is 0 Å². The number of hydrogen-bond donors (Lipinski definition) is 0. The van der Waals surface area contributed by atoms with E-state index in [1.807, 2.05) is 30.3 Å². The third kappa shape index (κ3) is 1.94. The van der Waals surface area contributed by atoms with Gasteiger partial charge in [-0.3, -0.25) is 9.78 Å². The summed E-state index contributed by atoms with van der Waals surface area (Å²) in [6, 6.07) is 13.4. The predicted octanol–water partition coefficient (Wildman–Crippen LogP) is 3.58. The van der Waals surface area contributed by atoms with Gasteiger partial charge in [-0.15, -0.1) is 0 Å². The van der Waals surface area contributed by atoms with Crippen LogP contribution in [-0.2, 0) is 0 Å². The number of rotatable bonds is 3. The molecule has 18 heavy (non-hydrogen) atoms. The van der Waals surface area contributed by atoms with Gasteiger partial charge in [0.25, 0.3) is 0 Å². The zero-order chi connectivity index (χ0) is 12.4. The quantitative estimate of drug-likeness (QED) is 0.764. The maximum atomic E-state index is 12.4. The highest BCUT2D eigenvalue weighted by atomic mass is 16.1. The fraction of sp³-hybridized carbons (Fsp3) is 0.250. The largest absolute Gasteiger partial charge is 0.287 e. The fourth-order valence-electron chi connectivity index (χ4n) is 2.41. The summed E-state index contributed by atoms with van der Waals surface area (Å²) in [6.07, 6.45) is 5.34. The molecule has 3 rings (SSSR count). The SMILES string of the molecule is O=C(c1ccccn1)c1ccccc1C1CCC1. The van der Waals surface area contributed by atoms with E-state index >= 15 is 0 Å². The van der Waals surface area contributed by atoms with Crippen LogP contribution in [0.5, 0.6) is 0 Å².